The van der Waals surface area contributed by atoms with E-state index in [1.165, 1.54) is 18.7 Å². The van der Waals surface area contributed by atoms with Gasteiger partial charge in [0.05, 0.1) is 5.75 Å². The quantitative estimate of drug-likeness (QED) is 0.756. The first kappa shape index (κ1) is 20.3. The summed E-state index contributed by atoms with van der Waals surface area (Å²) in [4.78, 5) is 16.6. The summed E-state index contributed by atoms with van der Waals surface area (Å²) in [6, 6.07) is 8.73. The van der Waals surface area contributed by atoms with Crippen LogP contribution in [0.25, 0.3) is 0 Å². The number of nitrogens with zero attached hydrogens (tertiary/aromatic N) is 1. The lowest BCUT2D eigenvalue weighted by molar-refractivity contribution is 0.102. The Hall–Kier alpha value is -2.41. The number of nitrogens with one attached hydrogen (secondary N) is 2. The van der Waals surface area contributed by atoms with E-state index in [2.05, 4.69) is 15.0 Å². The first-order valence-electron chi connectivity index (χ1n) is 9.67. The third-order valence-electron chi connectivity index (χ3n) is 5.23. The van der Waals surface area contributed by atoms with Gasteiger partial charge in [0.1, 0.15) is 5.82 Å². The summed E-state index contributed by atoms with van der Waals surface area (Å²) >= 11 is 0. The summed E-state index contributed by atoms with van der Waals surface area (Å²) < 4.78 is 27.4. The molecule has 150 valence electrons. The van der Waals surface area contributed by atoms with E-state index in [-0.39, 0.29) is 23.4 Å². The second kappa shape index (κ2) is 8.73. The van der Waals surface area contributed by atoms with Crippen LogP contribution in [0.1, 0.15) is 53.6 Å². The second-order valence-corrected chi connectivity index (χ2v) is 9.34. The summed E-state index contributed by atoms with van der Waals surface area (Å²) in [5, 5.41) is 2.84. The van der Waals surface area contributed by atoms with Gasteiger partial charge in [-0.2, -0.15) is 0 Å². The standard InChI is InChI=1S/C21H27N3O3S/c1-15-8-9-19(12-16(15)2)23-21(25)18-10-11-22-20(13-18)24-28(26,27)14-17-6-4-3-5-7-17/h8-13,17H,3-7,14H2,1-2H3,(H,22,24)(H,23,25). The van der Waals surface area contributed by atoms with Crippen LogP contribution in [0.15, 0.2) is 36.5 Å². The molecule has 2 N–H and O–H groups in total. The van der Waals surface area contributed by atoms with Crippen LogP contribution in [-0.4, -0.2) is 25.1 Å². The lowest BCUT2D eigenvalue weighted by Crippen LogP contribution is -2.24. The monoisotopic (exact) mass is 401 g/mol. The van der Waals surface area contributed by atoms with E-state index >= 15 is 0 Å². The molecule has 0 spiro atoms. The fourth-order valence-electron chi connectivity index (χ4n) is 3.52. The van der Waals surface area contributed by atoms with E-state index < -0.39 is 10.0 Å². The van der Waals surface area contributed by atoms with E-state index in [9.17, 15) is 13.2 Å². The first-order valence-corrected chi connectivity index (χ1v) is 11.3. The van der Waals surface area contributed by atoms with Gasteiger partial charge in [-0.1, -0.05) is 25.3 Å². The van der Waals surface area contributed by atoms with Crippen molar-refractivity contribution in [3.63, 3.8) is 0 Å². The molecule has 0 atom stereocenters. The predicted molar refractivity (Wildman–Crippen MR) is 112 cm³/mol. The highest BCUT2D eigenvalue weighted by Gasteiger charge is 2.22. The summed E-state index contributed by atoms with van der Waals surface area (Å²) in [7, 11) is -3.49. The van der Waals surface area contributed by atoms with E-state index in [0.717, 1.165) is 36.8 Å². The van der Waals surface area contributed by atoms with Crippen LogP contribution in [0.3, 0.4) is 0 Å². The molecule has 1 amide bonds. The maximum absolute atomic E-state index is 12.5. The molecule has 0 radical (unpaired) electrons. The Bertz CT molecular complexity index is 951. The van der Waals surface area contributed by atoms with E-state index in [4.69, 9.17) is 0 Å². The summed E-state index contributed by atoms with van der Waals surface area (Å²) in [6.07, 6.45) is 6.70. The minimum absolute atomic E-state index is 0.105. The largest absolute Gasteiger partial charge is 0.322 e. The topological polar surface area (TPSA) is 88.2 Å². The lowest BCUT2D eigenvalue weighted by Gasteiger charge is -2.21. The summed E-state index contributed by atoms with van der Waals surface area (Å²) in [6.45, 7) is 3.99. The number of sulfonamides is 1. The van der Waals surface area contributed by atoms with Crippen LogP contribution >= 0.6 is 0 Å². The van der Waals surface area contributed by atoms with Gasteiger partial charge < -0.3 is 5.32 Å². The molecule has 1 aromatic carbocycles. The molecular formula is C21H27N3O3S. The highest BCUT2D eigenvalue weighted by atomic mass is 32.2. The van der Waals surface area contributed by atoms with Gasteiger partial charge in [-0.15, -0.1) is 0 Å². The van der Waals surface area contributed by atoms with E-state index in [1.807, 2.05) is 32.0 Å². The average molecular weight is 402 g/mol. The third kappa shape index (κ3) is 5.55. The Labute approximate surface area is 166 Å². The molecular weight excluding hydrogens is 374 g/mol. The predicted octanol–water partition coefficient (Wildman–Crippen LogP) is 4.27. The molecule has 1 fully saturated rings. The van der Waals surface area contributed by atoms with Gasteiger partial charge in [-0.3, -0.25) is 9.52 Å². The molecule has 2 aromatic rings. The Kier molecular flexibility index (Phi) is 6.34. The highest BCUT2D eigenvalue weighted by Crippen LogP contribution is 2.25. The SMILES string of the molecule is Cc1ccc(NC(=O)c2ccnc(NS(=O)(=O)CC3CCCCC3)c2)cc1C. The Balaban J connectivity index is 1.67. The minimum atomic E-state index is -3.49. The van der Waals surface area contributed by atoms with Crippen molar-refractivity contribution in [2.24, 2.45) is 5.92 Å². The number of carbonyl (C=O) groups excluding carboxylic acids is 1. The number of carbonyl (C=O) groups is 1. The molecule has 0 bridgehead atoms. The third-order valence-corrected chi connectivity index (χ3v) is 6.66. The van der Waals surface area contributed by atoms with Crippen molar-refractivity contribution in [3.8, 4) is 0 Å². The number of benzene rings is 1. The van der Waals surface area contributed by atoms with Crippen molar-refractivity contribution in [2.75, 3.05) is 15.8 Å². The number of anilines is 2. The molecule has 6 nitrogen and oxygen atoms in total. The van der Waals surface area contributed by atoms with Crippen LogP contribution in [0.4, 0.5) is 11.5 Å². The van der Waals surface area contributed by atoms with Crippen LogP contribution < -0.4 is 10.0 Å². The van der Waals surface area contributed by atoms with E-state index in [0.29, 0.717) is 11.3 Å². The maximum Gasteiger partial charge on any atom is 0.255 e. The summed E-state index contributed by atoms with van der Waals surface area (Å²) in [5.74, 6) is 0.165. The maximum atomic E-state index is 12.5. The van der Waals surface area contributed by atoms with Gasteiger partial charge in [0.2, 0.25) is 10.0 Å². The molecule has 0 saturated heterocycles. The smallest absolute Gasteiger partial charge is 0.255 e. The number of aromatic nitrogens is 1. The zero-order valence-electron chi connectivity index (χ0n) is 16.4. The fraction of sp³-hybridized carbons (Fsp3) is 0.429. The zero-order valence-corrected chi connectivity index (χ0v) is 17.2. The van der Waals surface area contributed by atoms with Crippen LogP contribution in [0.5, 0.6) is 0 Å². The highest BCUT2D eigenvalue weighted by molar-refractivity contribution is 7.92. The zero-order chi connectivity index (χ0) is 20.1. The van der Waals surface area contributed by atoms with Gasteiger partial charge in [0.15, 0.2) is 0 Å². The minimum Gasteiger partial charge on any atom is -0.322 e. The van der Waals surface area contributed by atoms with E-state index in [1.54, 1.807) is 6.07 Å². The Morgan fingerprint density at radius 2 is 1.82 bits per heavy atom. The van der Waals surface area contributed by atoms with Crippen molar-refractivity contribution in [1.29, 1.82) is 0 Å². The first-order chi connectivity index (χ1) is 13.3. The van der Waals surface area contributed by atoms with Crippen molar-refractivity contribution in [1.82, 2.24) is 4.98 Å². The van der Waals surface area contributed by atoms with Crippen LogP contribution in [0, 0.1) is 19.8 Å². The normalized spacial score (nSPS) is 15.2. The Morgan fingerprint density at radius 1 is 1.07 bits per heavy atom. The van der Waals surface area contributed by atoms with Gasteiger partial charge in [0.25, 0.3) is 5.91 Å². The van der Waals surface area contributed by atoms with Crippen molar-refractivity contribution < 1.29 is 13.2 Å². The van der Waals surface area contributed by atoms with Crippen molar-refractivity contribution in [3.05, 3.63) is 53.2 Å². The van der Waals surface area contributed by atoms with Crippen molar-refractivity contribution >= 4 is 27.4 Å². The molecule has 1 saturated carbocycles. The molecule has 1 heterocycles. The fourth-order valence-corrected chi connectivity index (χ4v) is 4.98. The van der Waals surface area contributed by atoms with Crippen molar-refractivity contribution in [2.45, 2.75) is 46.0 Å². The summed E-state index contributed by atoms with van der Waals surface area (Å²) in [5.41, 5.74) is 3.29. The molecule has 7 heteroatoms. The molecule has 1 aliphatic rings. The van der Waals surface area contributed by atoms with Gasteiger partial charge in [0, 0.05) is 17.4 Å². The molecule has 0 aliphatic heterocycles. The molecule has 28 heavy (non-hydrogen) atoms. The Morgan fingerprint density at radius 3 is 2.54 bits per heavy atom. The number of hydrogen-bond acceptors (Lipinski definition) is 4. The molecule has 0 unspecified atom stereocenters. The number of pyridine rings is 1. The number of aryl methyl sites for hydroxylation is 2. The van der Waals surface area contributed by atoms with Crippen LogP contribution in [0.2, 0.25) is 0 Å². The molecule has 1 aliphatic carbocycles. The average Bonchev–Trinajstić information content (AvgIpc) is 2.65. The number of rotatable bonds is 6. The molecule has 3 rings (SSSR count). The molecule has 1 aromatic heterocycles. The second-order valence-electron chi connectivity index (χ2n) is 7.57. The number of amides is 1. The number of hydrogen-bond donors (Lipinski definition) is 2. The van der Waals surface area contributed by atoms with Gasteiger partial charge in [-0.05, 0) is 68.0 Å². The van der Waals surface area contributed by atoms with Crippen LogP contribution in [-0.2, 0) is 10.0 Å². The lowest BCUT2D eigenvalue weighted by atomic mass is 9.91. The van der Waals surface area contributed by atoms with Gasteiger partial charge in [-0.25, -0.2) is 13.4 Å². The van der Waals surface area contributed by atoms with Gasteiger partial charge >= 0.3 is 0 Å².